The number of benzene rings is 1. The molecule has 1 rings (SSSR count). The maximum atomic E-state index is 9.66. The van der Waals surface area contributed by atoms with Gasteiger partial charge in [-0.3, -0.25) is 0 Å². The summed E-state index contributed by atoms with van der Waals surface area (Å²) in [6.45, 7) is 2.05. The normalized spacial score (nSPS) is 13.1. The standard InChI is InChI=1S/C9H14OS/c1-8-4-6-9(7-5-8)11(2,3)10/h4-7,10H,1-3H3. The molecule has 0 heterocycles. The smallest absolute Gasteiger partial charge is 0.0119 e. The molecular formula is C9H14OS. The zero-order valence-corrected chi connectivity index (χ0v) is 7.98. The van der Waals surface area contributed by atoms with Crippen LogP contribution in [-0.4, -0.2) is 17.1 Å². The van der Waals surface area contributed by atoms with Crippen LogP contribution in [0.2, 0.25) is 0 Å². The van der Waals surface area contributed by atoms with Crippen LogP contribution in [0, 0.1) is 6.92 Å². The molecule has 0 atom stereocenters. The fourth-order valence-electron chi connectivity index (χ4n) is 0.871. The molecule has 0 spiro atoms. The van der Waals surface area contributed by atoms with Gasteiger partial charge in [-0.2, -0.15) is 0 Å². The van der Waals surface area contributed by atoms with Gasteiger partial charge in [0.2, 0.25) is 0 Å². The molecule has 1 N–H and O–H groups in total. The number of aryl methyl sites for hydroxylation is 1. The number of hydrogen-bond donors (Lipinski definition) is 1. The van der Waals surface area contributed by atoms with E-state index in [1.54, 1.807) is 0 Å². The second-order valence-corrected chi connectivity index (χ2v) is 6.10. The summed E-state index contributed by atoms with van der Waals surface area (Å²) < 4.78 is 9.66. The van der Waals surface area contributed by atoms with Gasteiger partial charge in [-0.25, -0.2) is 0 Å². The van der Waals surface area contributed by atoms with Crippen molar-refractivity contribution in [2.45, 2.75) is 11.8 Å². The van der Waals surface area contributed by atoms with Crippen molar-refractivity contribution < 1.29 is 4.55 Å². The third-order valence-corrected chi connectivity index (χ3v) is 3.02. The molecule has 0 aromatic heterocycles. The first-order chi connectivity index (χ1) is 5.00. The Kier molecular flexibility index (Phi) is 2.25. The predicted molar refractivity (Wildman–Crippen MR) is 51.5 cm³/mol. The van der Waals surface area contributed by atoms with E-state index in [0.29, 0.717) is 0 Å². The van der Waals surface area contributed by atoms with E-state index in [0.717, 1.165) is 4.90 Å². The molecule has 0 aliphatic rings. The van der Waals surface area contributed by atoms with Crippen LogP contribution in [0.5, 0.6) is 0 Å². The Labute approximate surface area is 69.6 Å². The van der Waals surface area contributed by atoms with Crippen molar-refractivity contribution in [2.24, 2.45) is 0 Å². The van der Waals surface area contributed by atoms with Gasteiger partial charge in [0.05, 0.1) is 0 Å². The highest BCUT2D eigenvalue weighted by molar-refractivity contribution is 8.28. The Morgan fingerprint density at radius 1 is 1.09 bits per heavy atom. The lowest BCUT2D eigenvalue weighted by Gasteiger charge is -2.23. The topological polar surface area (TPSA) is 20.2 Å². The summed E-state index contributed by atoms with van der Waals surface area (Å²) in [6.07, 6.45) is 3.75. The molecule has 1 nitrogen and oxygen atoms in total. The van der Waals surface area contributed by atoms with Crippen LogP contribution in [0.15, 0.2) is 29.2 Å². The Morgan fingerprint density at radius 3 is 1.91 bits per heavy atom. The Morgan fingerprint density at radius 2 is 1.55 bits per heavy atom. The van der Waals surface area contributed by atoms with E-state index in [4.69, 9.17) is 0 Å². The summed E-state index contributed by atoms with van der Waals surface area (Å²) >= 11 is 0. The van der Waals surface area contributed by atoms with Crippen molar-refractivity contribution >= 4 is 10.3 Å². The molecule has 1 aromatic rings. The van der Waals surface area contributed by atoms with E-state index in [2.05, 4.69) is 0 Å². The zero-order chi connectivity index (χ0) is 8.48. The molecule has 11 heavy (non-hydrogen) atoms. The van der Waals surface area contributed by atoms with E-state index >= 15 is 0 Å². The quantitative estimate of drug-likeness (QED) is 0.687. The Hall–Kier alpha value is -0.470. The molecule has 0 fully saturated rings. The molecular weight excluding hydrogens is 156 g/mol. The molecule has 62 valence electrons. The van der Waals surface area contributed by atoms with E-state index in [1.807, 2.05) is 43.7 Å². The van der Waals surface area contributed by atoms with Gasteiger partial charge < -0.3 is 4.55 Å². The van der Waals surface area contributed by atoms with E-state index in [9.17, 15) is 4.55 Å². The minimum absolute atomic E-state index is 1.04. The average Bonchev–Trinajstić information content (AvgIpc) is 1.86. The first kappa shape index (κ1) is 8.62. The van der Waals surface area contributed by atoms with Gasteiger partial charge in [0, 0.05) is 4.90 Å². The van der Waals surface area contributed by atoms with E-state index in [-0.39, 0.29) is 0 Å². The summed E-state index contributed by atoms with van der Waals surface area (Å²) in [5, 5.41) is 0. The molecule has 0 saturated heterocycles. The summed E-state index contributed by atoms with van der Waals surface area (Å²) in [6, 6.07) is 8.04. The maximum absolute atomic E-state index is 9.66. The Bertz CT molecular complexity index is 233. The van der Waals surface area contributed by atoms with Crippen LogP contribution in [0.1, 0.15) is 5.56 Å². The summed E-state index contributed by atoms with van der Waals surface area (Å²) in [5.41, 5.74) is 1.23. The van der Waals surface area contributed by atoms with Gasteiger partial charge in [0.15, 0.2) is 0 Å². The third kappa shape index (κ3) is 2.24. The molecule has 2 heteroatoms. The lowest BCUT2D eigenvalue weighted by Crippen LogP contribution is -1.92. The van der Waals surface area contributed by atoms with Gasteiger partial charge in [0.1, 0.15) is 0 Å². The maximum Gasteiger partial charge on any atom is 0.0119 e. The van der Waals surface area contributed by atoms with Crippen molar-refractivity contribution in [3.05, 3.63) is 29.8 Å². The molecule has 0 aliphatic carbocycles. The van der Waals surface area contributed by atoms with E-state index in [1.165, 1.54) is 5.56 Å². The van der Waals surface area contributed by atoms with Gasteiger partial charge in [-0.15, -0.1) is 10.3 Å². The van der Waals surface area contributed by atoms with Crippen LogP contribution in [-0.2, 0) is 0 Å². The fraction of sp³-hybridized carbons (Fsp3) is 0.333. The first-order valence-electron chi connectivity index (χ1n) is 3.52. The highest BCUT2D eigenvalue weighted by Crippen LogP contribution is 2.44. The van der Waals surface area contributed by atoms with Crippen molar-refractivity contribution in [3.8, 4) is 0 Å². The molecule has 0 radical (unpaired) electrons. The lowest BCUT2D eigenvalue weighted by atomic mass is 10.2. The van der Waals surface area contributed by atoms with Gasteiger partial charge >= 0.3 is 0 Å². The Balaban J connectivity index is 2.99. The molecule has 0 amide bonds. The first-order valence-corrected chi connectivity index (χ1v) is 5.93. The summed E-state index contributed by atoms with van der Waals surface area (Å²) in [5.74, 6) is 0. The monoisotopic (exact) mass is 170 g/mol. The number of hydrogen-bond acceptors (Lipinski definition) is 1. The van der Waals surface area contributed by atoms with Gasteiger partial charge in [0.25, 0.3) is 0 Å². The molecule has 0 aliphatic heterocycles. The molecule has 0 unspecified atom stereocenters. The summed E-state index contributed by atoms with van der Waals surface area (Å²) in [7, 11) is -1.52. The minimum atomic E-state index is -1.52. The molecule has 0 saturated carbocycles. The minimum Gasteiger partial charge on any atom is -0.348 e. The molecule has 1 aromatic carbocycles. The highest BCUT2D eigenvalue weighted by atomic mass is 32.3. The van der Waals surface area contributed by atoms with Gasteiger partial charge in [-0.1, -0.05) is 17.7 Å². The van der Waals surface area contributed by atoms with Crippen LogP contribution in [0.3, 0.4) is 0 Å². The lowest BCUT2D eigenvalue weighted by molar-refractivity contribution is 0.637. The third-order valence-electron chi connectivity index (χ3n) is 1.60. The average molecular weight is 170 g/mol. The second-order valence-electron chi connectivity index (χ2n) is 3.09. The largest absolute Gasteiger partial charge is 0.348 e. The second kappa shape index (κ2) is 2.88. The van der Waals surface area contributed by atoms with E-state index < -0.39 is 10.3 Å². The molecule has 0 bridgehead atoms. The number of rotatable bonds is 1. The highest BCUT2D eigenvalue weighted by Gasteiger charge is 2.08. The fourth-order valence-corrected chi connectivity index (χ4v) is 1.67. The SMILES string of the molecule is Cc1ccc(S(C)(C)O)cc1. The predicted octanol–water partition coefficient (Wildman–Crippen LogP) is 2.89. The van der Waals surface area contributed by atoms with Crippen LogP contribution < -0.4 is 0 Å². The van der Waals surface area contributed by atoms with Crippen LogP contribution >= 0.6 is 10.3 Å². The van der Waals surface area contributed by atoms with Gasteiger partial charge in [-0.05, 0) is 31.6 Å². The van der Waals surface area contributed by atoms with Crippen molar-refractivity contribution in [3.63, 3.8) is 0 Å². The zero-order valence-electron chi connectivity index (χ0n) is 7.16. The van der Waals surface area contributed by atoms with Crippen LogP contribution in [0.4, 0.5) is 0 Å². The van der Waals surface area contributed by atoms with Crippen LogP contribution in [0.25, 0.3) is 0 Å². The van der Waals surface area contributed by atoms with Crippen molar-refractivity contribution in [1.82, 2.24) is 0 Å². The summed E-state index contributed by atoms with van der Waals surface area (Å²) in [4.78, 5) is 1.04. The van der Waals surface area contributed by atoms with Crippen molar-refractivity contribution in [2.75, 3.05) is 12.5 Å². The van der Waals surface area contributed by atoms with Crippen molar-refractivity contribution in [1.29, 1.82) is 0 Å².